The third-order valence-electron chi connectivity index (χ3n) is 2.95. The number of primary amides is 1. The Balaban J connectivity index is 1.92. The molecule has 1 aromatic rings. The molecule has 2 heterocycles. The minimum absolute atomic E-state index is 0.307. The van der Waals surface area contributed by atoms with Gasteiger partial charge in [0.25, 0.3) is 0 Å². The van der Waals surface area contributed by atoms with Gasteiger partial charge in [-0.2, -0.15) is 0 Å². The Hall–Kier alpha value is -2.15. The average molecular weight is 265 g/mol. The van der Waals surface area contributed by atoms with Crippen LogP contribution in [-0.4, -0.2) is 47.3 Å². The summed E-state index contributed by atoms with van der Waals surface area (Å²) in [5.41, 5.74) is 5.02. The lowest BCUT2D eigenvalue weighted by molar-refractivity contribution is -0.150. The van der Waals surface area contributed by atoms with E-state index in [0.717, 1.165) is 0 Å². The summed E-state index contributed by atoms with van der Waals surface area (Å²) in [4.78, 5) is 27.4. The van der Waals surface area contributed by atoms with Crippen LogP contribution in [0.4, 0.5) is 5.82 Å². The molecule has 7 heteroatoms. The van der Waals surface area contributed by atoms with Gasteiger partial charge in [0.1, 0.15) is 18.0 Å². The molecule has 0 bridgehead atoms. The quantitative estimate of drug-likeness (QED) is 0.767. The average Bonchev–Trinajstić information content (AvgIpc) is 2.33. The highest BCUT2D eigenvalue weighted by molar-refractivity contribution is 5.92. The van der Waals surface area contributed by atoms with Crippen molar-refractivity contribution >= 4 is 17.7 Å². The molecule has 0 aliphatic carbocycles. The summed E-state index contributed by atoms with van der Waals surface area (Å²) in [5.74, 6) is -0.790. The molecular formula is C12H15N3O4. The van der Waals surface area contributed by atoms with Crippen molar-refractivity contribution in [2.24, 2.45) is 5.73 Å². The van der Waals surface area contributed by atoms with Crippen molar-refractivity contribution in [1.82, 2.24) is 4.98 Å². The van der Waals surface area contributed by atoms with E-state index in [1.807, 2.05) is 11.8 Å². The fourth-order valence-corrected chi connectivity index (χ4v) is 1.97. The lowest BCUT2D eigenvalue weighted by atomic mass is 9.96. The smallest absolute Gasteiger partial charge is 0.329 e. The number of aliphatic carboxylic acids is 1. The molecule has 1 saturated heterocycles. The van der Waals surface area contributed by atoms with Crippen LogP contribution in [0, 0.1) is 0 Å². The molecule has 0 unspecified atom stereocenters. The second-order valence-electron chi connectivity index (χ2n) is 4.76. The van der Waals surface area contributed by atoms with Crippen LogP contribution in [0.3, 0.4) is 0 Å². The minimum atomic E-state index is -0.983. The molecule has 1 aromatic heterocycles. The zero-order chi connectivity index (χ0) is 14.0. The van der Waals surface area contributed by atoms with Gasteiger partial charge in [-0.25, -0.2) is 9.78 Å². The van der Waals surface area contributed by atoms with E-state index >= 15 is 0 Å². The highest BCUT2D eigenvalue weighted by Crippen LogP contribution is 2.28. The van der Waals surface area contributed by atoms with Gasteiger partial charge in [0.05, 0.1) is 5.56 Å². The molecule has 19 heavy (non-hydrogen) atoms. The number of amides is 1. The molecule has 0 spiro atoms. The van der Waals surface area contributed by atoms with Gasteiger partial charge < -0.3 is 20.5 Å². The summed E-state index contributed by atoms with van der Waals surface area (Å²) >= 11 is 0. The van der Waals surface area contributed by atoms with E-state index in [0.29, 0.717) is 24.5 Å². The third-order valence-corrected chi connectivity index (χ3v) is 2.95. The van der Waals surface area contributed by atoms with Crippen molar-refractivity contribution in [2.75, 3.05) is 24.6 Å². The SMILES string of the molecule is CC1(OCC(=O)O)CN(c2ccc(C(N)=O)cn2)C1. The Kier molecular flexibility index (Phi) is 3.39. The monoisotopic (exact) mass is 265 g/mol. The van der Waals surface area contributed by atoms with Gasteiger partial charge in [-0.05, 0) is 19.1 Å². The Morgan fingerprint density at radius 1 is 1.53 bits per heavy atom. The number of nitrogens with zero attached hydrogens (tertiary/aromatic N) is 2. The molecule has 0 aromatic carbocycles. The maximum Gasteiger partial charge on any atom is 0.329 e. The maximum absolute atomic E-state index is 10.9. The molecule has 0 saturated carbocycles. The summed E-state index contributed by atoms with van der Waals surface area (Å²) < 4.78 is 5.30. The van der Waals surface area contributed by atoms with Crippen LogP contribution in [0.5, 0.6) is 0 Å². The fraction of sp³-hybridized carbons (Fsp3) is 0.417. The molecule has 7 nitrogen and oxygen atoms in total. The summed E-state index contributed by atoms with van der Waals surface area (Å²) in [5, 5.41) is 8.57. The number of pyridine rings is 1. The van der Waals surface area contributed by atoms with Gasteiger partial charge in [0.15, 0.2) is 0 Å². The highest BCUT2D eigenvalue weighted by atomic mass is 16.5. The van der Waals surface area contributed by atoms with E-state index in [2.05, 4.69) is 4.98 Å². The van der Waals surface area contributed by atoms with Crippen LogP contribution in [0.15, 0.2) is 18.3 Å². The number of hydrogen-bond acceptors (Lipinski definition) is 5. The molecule has 102 valence electrons. The van der Waals surface area contributed by atoms with Crippen molar-refractivity contribution in [3.8, 4) is 0 Å². The summed E-state index contributed by atoms with van der Waals surface area (Å²) in [6.45, 7) is 2.66. The lowest BCUT2D eigenvalue weighted by Crippen LogP contribution is -2.62. The van der Waals surface area contributed by atoms with Gasteiger partial charge in [0.2, 0.25) is 5.91 Å². The molecule has 2 rings (SSSR count). The van der Waals surface area contributed by atoms with Gasteiger partial charge in [-0.15, -0.1) is 0 Å². The molecule has 1 fully saturated rings. The highest BCUT2D eigenvalue weighted by Gasteiger charge is 2.40. The van der Waals surface area contributed by atoms with E-state index in [9.17, 15) is 9.59 Å². The molecule has 1 amide bonds. The number of ether oxygens (including phenoxy) is 1. The largest absolute Gasteiger partial charge is 0.480 e. The molecule has 1 aliphatic rings. The first-order valence-corrected chi connectivity index (χ1v) is 5.76. The van der Waals surface area contributed by atoms with Crippen molar-refractivity contribution in [3.63, 3.8) is 0 Å². The van der Waals surface area contributed by atoms with Crippen LogP contribution < -0.4 is 10.6 Å². The predicted molar refractivity (Wildman–Crippen MR) is 67.0 cm³/mol. The minimum Gasteiger partial charge on any atom is -0.480 e. The van der Waals surface area contributed by atoms with Crippen molar-refractivity contribution in [2.45, 2.75) is 12.5 Å². The van der Waals surface area contributed by atoms with E-state index in [1.165, 1.54) is 6.20 Å². The second-order valence-corrected chi connectivity index (χ2v) is 4.76. The van der Waals surface area contributed by atoms with Crippen LogP contribution in [0.1, 0.15) is 17.3 Å². The first-order valence-electron chi connectivity index (χ1n) is 5.76. The van der Waals surface area contributed by atoms with Gasteiger partial charge in [-0.1, -0.05) is 0 Å². The topological polar surface area (TPSA) is 106 Å². The van der Waals surface area contributed by atoms with Gasteiger partial charge >= 0.3 is 5.97 Å². The third kappa shape index (κ3) is 3.00. The fourth-order valence-electron chi connectivity index (χ4n) is 1.97. The molecule has 0 radical (unpaired) electrons. The number of nitrogens with two attached hydrogens (primary N) is 1. The number of carbonyl (C=O) groups is 2. The van der Waals surface area contributed by atoms with E-state index in [4.69, 9.17) is 15.6 Å². The standard InChI is InChI=1S/C12H15N3O4/c1-12(19-5-10(16)17)6-15(7-12)9-3-2-8(4-14-9)11(13)18/h2-4H,5-7H2,1H3,(H2,13,18)(H,16,17). The molecule has 0 atom stereocenters. The zero-order valence-electron chi connectivity index (χ0n) is 10.5. The van der Waals surface area contributed by atoms with Crippen LogP contribution >= 0.6 is 0 Å². The van der Waals surface area contributed by atoms with E-state index in [1.54, 1.807) is 12.1 Å². The Bertz CT molecular complexity index is 494. The summed E-state index contributed by atoms with van der Waals surface area (Å²) in [6, 6.07) is 3.31. The van der Waals surface area contributed by atoms with Gasteiger partial charge in [-0.3, -0.25) is 4.79 Å². The normalized spacial score (nSPS) is 16.8. The van der Waals surface area contributed by atoms with Crippen molar-refractivity contribution in [3.05, 3.63) is 23.9 Å². The summed E-state index contributed by atoms with van der Waals surface area (Å²) in [7, 11) is 0. The number of carbonyl (C=O) groups excluding carboxylic acids is 1. The Labute approximate surface area is 110 Å². The number of rotatable bonds is 5. The van der Waals surface area contributed by atoms with Gasteiger partial charge in [0, 0.05) is 19.3 Å². The first kappa shape index (κ1) is 13.3. The number of anilines is 1. The van der Waals surface area contributed by atoms with Crippen LogP contribution in [-0.2, 0) is 9.53 Å². The lowest BCUT2D eigenvalue weighted by Gasteiger charge is -2.47. The Morgan fingerprint density at radius 3 is 2.68 bits per heavy atom. The maximum atomic E-state index is 10.9. The van der Waals surface area contributed by atoms with E-state index in [-0.39, 0.29) is 6.61 Å². The van der Waals surface area contributed by atoms with Crippen LogP contribution in [0.2, 0.25) is 0 Å². The van der Waals surface area contributed by atoms with Crippen LogP contribution in [0.25, 0.3) is 0 Å². The first-order chi connectivity index (χ1) is 8.89. The summed E-state index contributed by atoms with van der Waals surface area (Å²) in [6.07, 6.45) is 1.42. The van der Waals surface area contributed by atoms with Crippen molar-refractivity contribution in [1.29, 1.82) is 0 Å². The number of carboxylic acids is 1. The van der Waals surface area contributed by atoms with Crippen molar-refractivity contribution < 1.29 is 19.4 Å². The number of hydrogen-bond donors (Lipinski definition) is 2. The zero-order valence-corrected chi connectivity index (χ0v) is 10.5. The Morgan fingerprint density at radius 2 is 2.21 bits per heavy atom. The van der Waals surface area contributed by atoms with E-state index < -0.39 is 17.5 Å². The number of carboxylic acid groups (broad SMARTS) is 1. The predicted octanol–water partition coefficient (Wildman–Crippen LogP) is -0.140. The molecule has 3 N–H and O–H groups in total. The number of aromatic nitrogens is 1. The molecular weight excluding hydrogens is 250 g/mol. The second kappa shape index (κ2) is 4.85. The molecule has 1 aliphatic heterocycles.